The van der Waals surface area contributed by atoms with Crippen molar-refractivity contribution in [1.82, 2.24) is 4.72 Å². The zero-order valence-electron chi connectivity index (χ0n) is 9.84. The molecule has 0 radical (unpaired) electrons. The fraction of sp³-hybridized carbons (Fsp3) is 0.364. The minimum atomic E-state index is -3.28. The Kier molecular flexibility index (Phi) is 3.06. The molecule has 1 aliphatic rings. The molecule has 92 valence electrons. The van der Waals surface area contributed by atoms with E-state index in [-0.39, 0.29) is 0 Å². The smallest absolute Gasteiger partial charge is 0.232 e. The van der Waals surface area contributed by atoms with Gasteiger partial charge in [0.15, 0.2) is 0 Å². The molecule has 0 amide bonds. The first-order valence-corrected chi connectivity index (χ1v) is 7.21. The lowest BCUT2D eigenvalue weighted by molar-refractivity contribution is 0.598. The predicted octanol–water partition coefficient (Wildman–Crippen LogP) is 0.720. The zero-order chi connectivity index (χ0) is 12.5. The minimum Gasteiger partial charge on any atom is -0.310 e. The fourth-order valence-electron chi connectivity index (χ4n) is 1.68. The number of aliphatic imine (C=N–C) groups is 1. The lowest BCUT2D eigenvalue weighted by Crippen LogP contribution is -2.41. The van der Waals surface area contributed by atoms with Crippen LogP contribution in [0.2, 0.25) is 0 Å². The number of anilines is 1. The van der Waals surface area contributed by atoms with Gasteiger partial charge in [-0.05, 0) is 19.1 Å². The quantitative estimate of drug-likeness (QED) is 0.845. The summed E-state index contributed by atoms with van der Waals surface area (Å²) < 4.78 is 24.8. The molecule has 0 atom stereocenters. The average Bonchev–Trinajstić information content (AvgIpc) is 2.64. The number of benzene rings is 1. The first kappa shape index (κ1) is 11.9. The van der Waals surface area contributed by atoms with E-state index >= 15 is 0 Å². The molecule has 1 aromatic carbocycles. The van der Waals surface area contributed by atoms with Crippen LogP contribution in [-0.2, 0) is 10.0 Å². The average molecular weight is 253 g/mol. The summed E-state index contributed by atoms with van der Waals surface area (Å²) in [6.45, 7) is 3.31. The maximum absolute atomic E-state index is 11.2. The van der Waals surface area contributed by atoms with E-state index in [4.69, 9.17) is 0 Å². The van der Waals surface area contributed by atoms with Gasteiger partial charge in [-0.25, -0.2) is 8.42 Å². The van der Waals surface area contributed by atoms with Crippen molar-refractivity contribution in [2.75, 3.05) is 24.2 Å². The summed E-state index contributed by atoms with van der Waals surface area (Å²) in [5.41, 5.74) is 2.12. The van der Waals surface area contributed by atoms with Crippen molar-refractivity contribution in [3.8, 4) is 0 Å². The molecular weight excluding hydrogens is 238 g/mol. The Balaban J connectivity index is 2.22. The molecule has 0 spiro atoms. The van der Waals surface area contributed by atoms with Crippen molar-refractivity contribution < 1.29 is 8.42 Å². The monoisotopic (exact) mass is 253 g/mol. The number of rotatable bonds is 2. The van der Waals surface area contributed by atoms with Crippen LogP contribution in [0.15, 0.2) is 29.3 Å². The lowest BCUT2D eigenvalue weighted by atomic mass is 10.2. The topological polar surface area (TPSA) is 61.8 Å². The first-order chi connectivity index (χ1) is 7.96. The molecule has 0 aliphatic carbocycles. The molecule has 0 fully saturated rings. The third kappa shape index (κ3) is 2.97. The second-order valence-corrected chi connectivity index (χ2v) is 5.82. The van der Waals surface area contributed by atoms with E-state index in [1.165, 1.54) is 5.56 Å². The van der Waals surface area contributed by atoms with Crippen molar-refractivity contribution in [1.29, 1.82) is 0 Å². The van der Waals surface area contributed by atoms with E-state index in [2.05, 4.69) is 9.71 Å². The summed E-state index contributed by atoms with van der Waals surface area (Å²) in [6.07, 6.45) is 1.13. The summed E-state index contributed by atoms with van der Waals surface area (Å²) in [4.78, 5) is 6.02. The summed E-state index contributed by atoms with van der Waals surface area (Å²) in [7, 11) is -3.28. The molecule has 5 nitrogen and oxygen atoms in total. The highest BCUT2D eigenvalue weighted by atomic mass is 32.2. The maximum Gasteiger partial charge on any atom is 0.232 e. The number of aryl methyl sites for hydroxylation is 1. The number of nitrogens with one attached hydrogen (secondary N) is 1. The van der Waals surface area contributed by atoms with Crippen LogP contribution >= 0.6 is 0 Å². The van der Waals surface area contributed by atoms with Gasteiger partial charge in [0, 0.05) is 12.2 Å². The SMILES string of the molecule is Cc1ccc(N2CCN=C2NS(C)(=O)=O)cc1. The summed E-state index contributed by atoms with van der Waals surface area (Å²) in [6, 6.07) is 7.90. The second kappa shape index (κ2) is 4.37. The molecule has 0 unspecified atom stereocenters. The maximum atomic E-state index is 11.2. The van der Waals surface area contributed by atoms with Gasteiger partial charge in [0.25, 0.3) is 0 Å². The molecule has 0 saturated heterocycles. The molecule has 1 aromatic rings. The van der Waals surface area contributed by atoms with Crippen LogP contribution in [0.4, 0.5) is 5.69 Å². The zero-order valence-corrected chi connectivity index (χ0v) is 10.7. The van der Waals surface area contributed by atoms with Crippen molar-refractivity contribution in [2.24, 2.45) is 4.99 Å². The van der Waals surface area contributed by atoms with Crippen LogP contribution in [0.3, 0.4) is 0 Å². The van der Waals surface area contributed by atoms with Gasteiger partial charge >= 0.3 is 0 Å². The van der Waals surface area contributed by atoms with E-state index in [0.717, 1.165) is 11.9 Å². The molecule has 2 rings (SSSR count). The highest BCUT2D eigenvalue weighted by Crippen LogP contribution is 2.17. The van der Waals surface area contributed by atoms with Crippen LogP contribution in [0.1, 0.15) is 5.56 Å². The van der Waals surface area contributed by atoms with Gasteiger partial charge in [-0.15, -0.1) is 0 Å². The summed E-state index contributed by atoms with van der Waals surface area (Å²) in [5.74, 6) is 0.399. The molecule has 1 N–H and O–H groups in total. The standard InChI is InChI=1S/C11H15N3O2S/c1-9-3-5-10(6-4-9)14-8-7-12-11(14)13-17(2,15)16/h3-6H,7-8H2,1-2H3,(H,12,13). The van der Waals surface area contributed by atoms with Gasteiger partial charge in [-0.1, -0.05) is 17.7 Å². The van der Waals surface area contributed by atoms with E-state index in [0.29, 0.717) is 19.0 Å². The Labute approximate surface area is 101 Å². The molecular formula is C11H15N3O2S. The van der Waals surface area contributed by atoms with Crippen LogP contribution in [-0.4, -0.2) is 33.7 Å². The van der Waals surface area contributed by atoms with Crippen molar-refractivity contribution in [3.63, 3.8) is 0 Å². The molecule has 1 aliphatic heterocycles. The molecule has 1 heterocycles. The molecule has 0 aromatic heterocycles. The Bertz CT molecular complexity index is 534. The molecule has 17 heavy (non-hydrogen) atoms. The Morgan fingerprint density at radius 1 is 1.29 bits per heavy atom. The Morgan fingerprint density at radius 3 is 2.53 bits per heavy atom. The van der Waals surface area contributed by atoms with Crippen molar-refractivity contribution >= 4 is 21.7 Å². The Morgan fingerprint density at radius 2 is 1.94 bits per heavy atom. The largest absolute Gasteiger partial charge is 0.310 e. The van der Waals surface area contributed by atoms with Gasteiger partial charge in [0.2, 0.25) is 16.0 Å². The van der Waals surface area contributed by atoms with Gasteiger partial charge < -0.3 is 4.90 Å². The van der Waals surface area contributed by atoms with E-state index in [9.17, 15) is 8.42 Å². The van der Waals surface area contributed by atoms with Gasteiger partial charge in [0.05, 0.1) is 12.8 Å². The Hall–Kier alpha value is -1.56. The predicted molar refractivity (Wildman–Crippen MR) is 68.8 cm³/mol. The van der Waals surface area contributed by atoms with Crippen LogP contribution in [0.5, 0.6) is 0 Å². The summed E-state index contributed by atoms with van der Waals surface area (Å²) in [5, 5.41) is 0. The molecule has 0 saturated carbocycles. The third-order valence-corrected chi connectivity index (χ3v) is 3.02. The van der Waals surface area contributed by atoms with Gasteiger partial charge in [0.1, 0.15) is 0 Å². The van der Waals surface area contributed by atoms with Crippen LogP contribution in [0, 0.1) is 6.92 Å². The van der Waals surface area contributed by atoms with Crippen LogP contribution < -0.4 is 9.62 Å². The number of nitrogens with zero attached hydrogens (tertiary/aromatic N) is 2. The van der Waals surface area contributed by atoms with Gasteiger partial charge in [-0.3, -0.25) is 9.71 Å². The third-order valence-electron chi connectivity index (χ3n) is 2.46. The van der Waals surface area contributed by atoms with Crippen molar-refractivity contribution in [3.05, 3.63) is 29.8 Å². The van der Waals surface area contributed by atoms with Gasteiger partial charge in [-0.2, -0.15) is 0 Å². The van der Waals surface area contributed by atoms with Crippen LogP contribution in [0.25, 0.3) is 0 Å². The number of hydrogen-bond donors (Lipinski definition) is 1. The van der Waals surface area contributed by atoms with E-state index < -0.39 is 10.0 Å². The minimum absolute atomic E-state index is 0.399. The van der Waals surface area contributed by atoms with Crippen molar-refractivity contribution in [2.45, 2.75) is 6.92 Å². The van der Waals surface area contributed by atoms with E-state index in [1.807, 2.05) is 36.1 Å². The highest BCUT2D eigenvalue weighted by molar-refractivity contribution is 7.89. The number of sulfonamides is 1. The number of hydrogen-bond acceptors (Lipinski definition) is 4. The normalized spacial score (nSPS) is 15.9. The van der Waals surface area contributed by atoms with E-state index in [1.54, 1.807) is 0 Å². The highest BCUT2D eigenvalue weighted by Gasteiger charge is 2.20. The molecule has 6 heteroatoms. The fourth-order valence-corrected chi connectivity index (χ4v) is 2.18. The number of guanidine groups is 1. The molecule has 0 bridgehead atoms. The lowest BCUT2D eigenvalue weighted by Gasteiger charge is -2.20. The summed E-state index contributed by atoms with van der Waals surface area (Å²) >= 11 is 0. The first-order valence-electron chi connectivity index (χ1n) is 5.32. The second-order valence-electron chi connectivity index (χ2n) is 4.07.